The van der Waals surface area contributed by atoms with Gasteiger partial charge in [-0.1, -0.05) is 12.1 Å². The minimum atomic E-state index is -3.94. The number of thiophene rings is 1. The van der Waals surface area contributed by atoms with Gasteiger partial charge in [-0.05, 0) is 17.5 Å². The molecule has 0 saturated carbocycles. The number of benzene rings is 1. The fraction of sp³-hybridized carbons (Fsp3) is 0.0769. The fourth-order valence-electron chi connectivity index (χ4n) is 1.83. The lowest BCUT2D eigenvalue weighted by atomic mass is 10.3. The summed E-state index contributed by atoms with van der Waals surface area (Å²) in [6.07, 6.45) is 0. The van der Waals surface area contributed by atoms with Crippen LogP contribution < -0.4 is 4.72 Å². The molecule has 0 amide bonds. The summed E-state index contributed by atoms with van der Waals surface area (Å²) in [6, 6.07) is 8.39. The molecule has 2 heterocycles. The molecule has 0 aliphatic heterocycles. The van der Waals surface area contributed by atoms with Crippen LogP contribution in [0, 0.1) is 10.1 Å². The Labute approximate surface area is 140 Å². The van der Waals surface area contributed by atoms with E-state index in [9.17, 15) is 18.5 Å². The average molecular weight is 366 g/mol. The standard InChI is InChI=1S/C13H10N4O5S2/c18-17(19)9-3-1-4-10(7-9)24(20,21)14-8-12-15-16-13(22-12)11-5-2-6-23-11/h1-7,14H,8H2. The molecule has 3 rings (SSSR count). The van der Waals surface area contributed by atoms with Crippen molar-refractivity contribution in [1.82, 2.24) is 14.9 Å². The van der Waals surface area contributed by atoms with Crippen LogP contribution in [0.1, 0.15) is 5.89 Å². The summed E-state index contributed by atoms with van der Waals surface area (Å²) in [5.41, 5.74) is -0.310. The Morgan fingerprint density at radius 2 is 2.08 bits per heavy atom. The van der Waals surface area contributed by atoms with Crippen molar-refractivity contribution in [2.75, 3.05) is 0 Å². The topological polar surface area (TPSA) is 128 Å². The quantitative estimate of drug-likeness (QED) is 0.523. The Morgan fingerprint density at radius 1 is 1.25 bits per heavy atom. The highest BCUT2D eigenvalue weighted by Crippen LogP contribution is 2.23. The van der Waals surface area contributed by atoms with Gasteiger partial charge in [0.2, 0.25) is 15.9 Å². The largest absolute Gasteiger partial charge is 0.418 e. The first kappa shape index (κ1) is 16.2. The molecule has 0 saturated heterocycles. The summed E-state index contributed by atoms with van der Waals surface area (Å²) in [6.45, 7) is -0.219. The van der Waals surface area contributed by atoms with Gasteiger partial charge in [0.25, 0.3) is 11.6 Å². The van der Waals surface area contributed by atoms with E-state index in [0.29, 0.717) is 5.89 Å². The van der Waals surface area contributed by atoms with Gasteiger partial charge < -0.3 is 4.42 Å². The molecular weight excluding hydrogens is 356 g/mol. The Kier molecular flexibility index (Phi) is 4.38. The predicted octanol–water partition coefficient (Wildman–Crippen LogP) is 2.18. The van der Waals surface area contributed by atoms with Crippen molar-refractivity contribution in [2.45, 2.75) is 11.4 Å². The number of sulfonamides is 1. The third kappa shape index (κ3) is 3.48. The molecule has 1 N–H and O–H groups in total. The highest BCUT2D eigenvalue weighted by Gasteiger charge is 2.19. The van der Waals surface area contributed by atoms with Crippen LogP contribution in [0.25, 0.3) is 10.8 Å². The smallest absolute Gasteiger partial charge is 0.270 e. The maximum atomic E-state index is 12.2. The Balaban J connectivity index is 1.74. The van der Waals surface area contributed by atoms with Gasteiger partial charge in [-0.3, -0.25) is 10.1 Å². The molecule has 0 atom stereocenters. The molecule has 124 valence electrons. The zero-order valence-electron chi connectivity index (χ0n) is 11.9. The number of hydrogen-bond donors (Lipinski definition) is 1. The second-order valence-electron chi connectivity index (χ2n) is 4.56. The van der Waals surface area contributed by atoms with Crippen molar-refractivity contribution in [3.8, 4) is 10.8 Å². The lowest BCUT2D eigenvalue weighted by molar-refractivity contribution is -0.385. The minimum Gasteiger partial charge on any atom is -0.418 e. The summed E-state index contributed by atoms with van der Waals surface area (Å²) in [5, 5.41) is 20.2. The third-order valence-electron chi connectivity index (χ3n) is 2.95. The molecule has 3 aromatic rings. The van der Waals surface area contributed by atoms with Gasteiger partial charge in [-0.2, -0.15) is 0 Å². The van der Waals surface area contributed by atoms with Crippen molar-refractivity contribution in [3.63, 3.8) is 0 Å². The number of non-ortho nitro benzene ring substituents is 1. The van der Waals surface area contributed by atoms with Crippen molar-refractivity contribution < 1.29 is 17.8 Å². The molecule has 11 heteroatoms. The number of nitrogens with one attached hydrogen (secondary N) is 1. The molecule has 2 aromatic heterocycles. The second-order valence-corrected chi connectivity index (χ2v) is 7.27. The second kappa shape index (κ2) is 6.47. The summed E-state index contributed by atoms with van der Waals surface area (Å²) < 4.78 is 32.0. The fourth-order valence-corrected chi connectivity index (χ4v) is 3.49. The molecule has 0 aliphatic rings. The van der Waals surface area contributed by atoms with Gasteiger partial charge in [-0.25, -0.2) is 13.1 Å². The van der Waals surface area contributed by atoms with E-state index >= 15 is 0 Å². The molecule has 24 heavy (non-hydrogen) atoms. The maximum absolute atomic E-state index is 12.2. The van der Waals surface area contributed by atoms with Gasteiger partial charge in [0, 0.05) is 12.1 Å². The van der Waals surface area contributed by atoms with Crippen LogP contribution in [0.2, 0.25) is 0 Å². The molecule has 1 aromatic carbocycles. The van der Waals surface area contributed by atoms with Crippen LogP contribution in [0.3, 0.4) is 0 Å². The molecule has 0 unspecified atom stereocenters. The first-order valence-corrected chi connectivity index (χ1v) is 8.92. The molecule has 0 bridgehead atoms. The first-order chi connectivity index (χ1) is 11.5. The van der Waals surface area contributed by atoms with Crippen LogP contribution in [0.5, 0.6) is 0 Å². The number of hydrogen-bond acceptors (Lipinski definition) is 8. The van der Waals surface area contributed by atoms with E-state index in [1.165, 1.54) is 29.5 Å². The van der Waals surface area contributed by atoms with Crippen LogP contribution in [-0.4, -0.2) is 23.5 Å². The monoisotopic (exact) mass is 366 g/mol. The van der Waals surface area contributed by atoms with Crippen molar-refractivity contribution >= 4 is 27.0 Å². The number of rotatable bonds is 6. The van der Waals surface area contributed by atoms with Gasteiger partial charge in [0.1, 0.15) is 0 Å². The average Bonchev–Trinajstić information content (AvgIpc) is 3.24. The van der Waals surface area contributed by atoms with E-state index in [-0.39, 0.29) is 23.0 Å². The Hall–Kier alpha value is -2.63. The SMILES string of the molecule is O=[N+]([O-])c1cccc(S(=O)(=O)NCc2nnc(-c3cccs3)o2)c1. The van der Waals surface area contributed by atoms with Crippen LogP contribution >= 0.6 is 11.3 Å². The Bertz CT molecular complexity index is 966. The lowest BCUT2D eigenvalue weighted by Crippen LogP contribution is -2.23. The van der Waals surface area contributed by atoms with E-state index in [4.69, 9.17) is 4.42 Å². The first-order valence-electron chi connectivity index (χ1n) is 6.56. The molecular formula is C13H10N4O5S2. The van der Waals surface area contributed by atoms with Crippen LogP contribution in [-0.2, 0) is 16.6 Å². The highest BCUT2D eigenvalue weighted by atomic mass is 32.2. The molecule has 9 nitrogen and oxygen atoms in total. The van der Waals surface area contributed by atoms with Gasteiger partial charge in [0.15, 0.2) is 0 Å². The normalized spacial score (nSPS) is 11.5. The van der Waals surface area contributed by atoms with E-state index in [0.717, 1.165) is 10.9 Å². The molecule has 0 radical (unpaired) electrons. The zero-order valence-corrected chi connectivity index (χ0v) is 13.6. The van der Waals surface area contributed by atoms with E-state index in [1.807, 2.05) is 11.4 Å². The van der Waals surface area contributed by atoms with Crippen molar-refractivity contribution in [3.05, 3.63) is 57.8 Å². The van der Waals surface area contributed by atoms with Crippen molar-refractivity contribution in [1.29, 1.82) is 0 Å². The van der Waals surface area contributed by atoms with Gasteiger partial charge in [-0.15, -0.1) is 21.5 Å². The van der Waals surface area contributed by atoms with Gasteiger partial charge in [0.05, 0.1) is 21.2 Å². The zero-order chi connectivity index (χ0) is 17.2. The summed E-state index contributed by atoms with van der Waals surface area (Å²) in [5.74, 6) is 0.391. The van der Waals surface area contributed by atoms with Crippen LogP contribution in [0.4, 0.5) is 5.69 Å². The third-order valence-corrected chi connectivity index (χ3v) is 5.21. The number of nitrogens with zero attached hydrogens (tertiary/aromatic N) is 3. The van der Waals surface area contributed by atoms with Crippen molar-refractivity contribution in [2.24, 2.45) is 0 Å². The summed E-state index contributed by atoms with van der Waals surface area (Å²) in [4.78, 5) is 10.6. The molecule has 0 fully saturated rings. The Morgan fingerprint density at radius 3 is 2.79 bits per heavy atom. The van der Waals surface area contributed by atoms with E-state index in [2.05, 4.69) is 14.9 Å². The van der Waals surface area contributed by atoms with E-state index < -0.39 is 14.9 Å². The van der Waals surface area contributed by atoms with Gasteiger partial charge >= 0.3 is 0 Å². The molecule has 0 aliphatic carbocycles. The lowest BCUT2D eigenvalue weighted by Gasteiger charge is -2.04. The number of nitro benzene ring substituents is 1. The maximum Gasteiger partial charge on any atom is 0.270 e. The van der Waals surface area contributed by atoms with E-state index in [1.54, 1.807) is 6.07 Å². The number of aromatic nitrogens is 2. The summed E-state index contributed by atoms with van der Waals surface area (Å²) >= 11 is 1.42. The van der Waals surface area contributed by atoms with Crippen LogP contribution in [0.15, 0.2) is 51.1 Å². The highest BCUT2D eigenvalue weighted by molar-refractivity contribution is 7.89. The number of nitro groups is 1. The molecule has 0 spiro atoms. The summed E-state index contributed by atoms with van der Waals surface area (Å²) in [7, 11) is -3.94. The predicted molar refractivity (Wildman–Crippen MR) is 84.7 cm³/mol. The minimum absolute atomic E-state index is 0.0902.